The van der Waals surface area contributed by atoms with Gasteiger partial charge in [-0.1, -0.05) is 6.07 Å². The van der Waals surface area contributed by atoms with Gasteiger partial charge < -0.3 is 19.5 Å². The number of pyridine rings is 1. The summed E-state index contributed by atoms with van der Waals surface area (Å²) < 4.78 is 10.4. The highest BCUT2D eigenvalue weighted by molar-refractivity contribution is 5.73. The molecule has 1 fully saturated rings. The van der Waals surface area contributed by atoms with Crippen LogP contribution in [0.25, 0.3) is 0 Å². The Morgan fingerprint density at radius 2 is 2.04 bits per heavy atom. The highest BCUT2D eigenvalue weighted by Gasteiger charge is 2.38. The van der Waals surface area contributed by atoms with Crippen LogP contribution in [-0.2, 0) is 9.53 Å². The molecule has 0 radical (unpaired) electrons. The van der Waals surface area contributed by atoms with Crippen molar-refractivity contribution in [2.24, 2.45) is 5.92 Å². The lowest BCUT2D eigenvalue weighted by Crippen LogP contribution is -2.46. The van der Waals surface area contributed by atoms with E-state index in [9.17, 15) is 14.7 Å². The third kappa shape index (κ3) is 4.37. The Bertz CT molecular complexity index is 594. The average Bonchev–Trinajstić information content (AvgIpc) is 2.52. The summed E-state index contributed by atoms with van der Waals surface area (Å²) in [4.78, 5) is 29.6. The van der Waals surface area contributed by atoms with Crippen molar-refractivity contribution in [1.82, 2.24) is 9.88 Å². The molecule has 1 aliphatic heterocycles. The number of hydrogen-bond acceptors (Lipinski definition) is 5. The molecule has 24 heavy (non-hydrogen) atoms. The largest absolute Gasteiger partial charge is 0.481 e. The zero-order valence-electron chi connectivity index (χ0n) is 14.5. The second-order valence-corrected chi connectivity index (χ2v) is 6.90. The fourth-order valence-electron chi connectivity index (χ4n) is 2.81. The monoisotopic (exact) mass is 336 g/mol. The first-order valence-electron chi connectivity index (χ1n) is 7.92. The van der Waals surface area contributed by atoms with Crippen molar-refractivity contribution in [1.29, 1.82) is 0 Å². The van der Waals surface area contributed by atoms with Gasteiger partial charge in [0.1, 0.15) is 5.60 Å². The first kappa shape index (κ1) is 18.0. The third-order valence-corrected chi connectivity index (χ3v) is 3.98. The SMILES string of the molecule is COc1ccc([C@@H]2CN(C(=O)OC(C)(C)C)CC[C@H]2C(=O)O)cn1. The van der Waals surface area contributed by atoms with Crippen LogP contribution in [0.5, 0.6) is 5.88 Å². The topological polar surface area (TPSA) is 89.0 Å². The first-order chi connectivity index (χ1) is 11.2. The quantitative estimate of drug-likeness (QED) is 0.912. The number of amides is 1. The Morgan fingerprint density at radius 3 is 2.54 bits per heavy atom. The molecule has 0 unspecified atom stereocenters. The van der Waals surface area contributed by atoms with Crippen molar-refractivity contribution >= 4 is 12.1 Å². The number of carboxylic acid groups (broad SMARTS) is 1. The summed E-state index contributed by atoms with van der Waals surface area (Å²) in [5.41, 5.74) is 0.189. The number of ether oxygens (including phenoxy) is 2. The zero-order valence-corrected chi connectivity index (χ0v) is 14.5. The Kier molecular flexibility index (Phi) is 5.31. The Hall–Kier alpha value is -2.31. The van der Waals surface area contributed by atoms with Gasteiger partial charge in [-0.3, -0.25) is 4.79 Å². The maximum Gasteiger partial charge on any atom is 0.410 e. The summed E-state index contributed by atoms with van der Waals surface area (Å²) in [7, 11) is 1.52. The lowest BCUT2D eigenvalue weighted by atomic mass is 9.81. The number of rotatable bonds is 3. The number of piperidine rings is 1. The van der Waals surface area contributed by atoms with Crippen molar-refractivity contribution in [3.8, 4) is 5.88 Å². The highest BCUT2D eigenvalue weighted by Crippen LogP contribution is 2.33. The number of carboxylic acids is 1. The summed E-state index contributed by atoms with van der Waals surface area (Å²) >= 11 is 0. The fraction of sp³-hybridized carbons (Fsp3) is 0.588. The maximum atomic E-state index is 12.3. The van der Waals surface area contributed by atoms with Crippen LogP contribution in [0.15, 0.2) is 18.3 Å². The van der Waals surface area contributed by atoms with Crippen molar-refractivity contribution in [2.45, 2.75) is 38.7 Å². The molecule has 1 amide bonds. The predicted octanol–water partition coefficient (Wildman–Crippen LogP) is 2.52. The molecule has 0 aliphatic carbocycles. The number of likely N-dealkylation sites (tertiary alicyclic amines) is 1. The first-order valence-corrected chi connectivity index (χ1v) is 7.92. The molecule has 1 aliphatic rings. The van der Waals surface area contributed by atoms with Crippen LogP contribution in [0.3, 0.4) is 0 Å². The maximum absolute atomic E-state index is 12.3. The molecular weight excluding hydrogens is 312 g/mol. The minimum atomic E-state index is -0.861. The van der Waals surface area contributed by atoms with E-state index < -0.39 is 23.6 Å². The van der Waals surface area contributed by atoms with Crippen LogP contribution in [0.1, 0.15) is 38.7 Å². The summed E-state index contributed by atoms with van der Waals surface area (Å²) in [6.07, 6.45) is 1.57. The van der Waals surface area contributed by atoms with Gasteiger partial charge in [-0.15, -0.1) is 0 Å². The summed E-state index contributed by atoms with van der Waals surface area (Å²) in [5.74, 6) is -1.29. The molecular formula is C17H24N2O5. The van der Waals surface area contributed by atoms with Gasteiger partial charge in [-0.25, -0.2) is 9.78 Å². The molecule has 0 saturated carbocycles. The molecule has 0 bridgehead atoms. The standard InChI is InChI=1S/C17H24N2O5/c1-17(2,3)24-16(22)19-8-7-12(15(20)21)13(10-19)11-5-6-14(23-4)18-9-11/h5-6,9,12-13H,7-8,10H2,1-4H3,(H,20,21)/t12-,13+/m1/s1. The number of aromatic nitrogens is 1. The van der Waals surface area contributed by atoms with Gasteiger partial charge in [0.25, 0.3) is 0 Å². The van der Waals surface area contributed by atoms with Gasteiger partial charge >= 0.3 is 12.1 Å². The van der Waals surface area contributed by atoms with Gasteiger partial charge in [0.2, 0.25) is 5.88 Å². The second-order valence-electron chi connectivity index (χ2n) is 6.90. The van der Waals surface area contributed by atoms with Gasteiger partial charge in [-0.2, -0.15) is 0 Å². The lowest BCUT2D eigenvalue weighted by Gasteiger charge is -2.37. The molecule has 7 heteroatoms. The Balaban J connectivity index is 2.19. The van der Waals surface area contributed by atoms with Crippen LogP contribution in [-0.4, -0.2) is 52.9 Å². The van der Waals surface area contributed by atoms with E-state index in [2.05, 4.69) is 4.98 Å². The van der Waals surface area contributed by atoms with Gasteiger partial charge in [0, 0.05) is 31.3 Å². The molecule has 7 nitrogen and oxygen atoms in total. The van der Waals surface area contributed by atoms with Gasteiger partial charge in [0.15, 0.2) is 0 Å². The highest BCUT2D eigenvalue weighted by atomic mass is 16.6. The number of aliphatic carboxylic acids is 1. The normalized spacial score (nSPS) is 21.2. The molecule has 2 heterocycles. The molecule has 1 N–H and O–H groups in total. The molecule has 2 atom stereocenters. The summed E-state index contributed by atoms with van der Waals surface area (Å²) in [5, 5.41) is 9.50. The van der Waals surface area contributed by atoms with Crippen molar-refractivity contribution < 1.29 is 24.2 Å². The predicted molar refractivity (Wildman–Crippen MR) is 87.1 cm³/mol. The van der Waals surface area contributed by atoms with E-state index in [1.54, 1.807) is 44.0 Å². The second kappa shape index (κ2) is 7.07. The molecule has 1 saturated heterocycles. The molecule has 0 aromatic carbocycles. The molecule has 1 aromatic rings. The molecule has 0 spiro atoms. The van der Waals surface area contributed by atoms with Crippen LogP contribution < -0.4 is 4.74 Å². The lowest BCUT2D eigenvalue weighted by molar-refractivity contribution is -0.144. The fourth-order valence-corrected chi connectivity index (χ4v) is 2.81. The number of hydrogen-bond donors (Lipinski definition) is 1. The average molecular weight is 336 g/mol. The third-order valence-electron chi connectivity index (χ3n) is 3.98. The number of carbonyl (C=O) groups is 2. The van der Waals surface area contributed by atoms with Crippen molar-refractivity contribution in [3.63, 3.8) is 0 Å². The Labute approximate surface area is 141 Å². The molecule has 2 rings (SSSR count). The van der Waals surface area contributed by atoms with E-state index in [1.165, 1.54) is 7.11 Å². The van der Waals surface area contributed by atoms with Crippen molar-refractivity contribution in [3.05, 3.63) is 23.9 Å². The van der Waals surface area contributed by atoms with E-state index in [-0.39, 0.29) is 5.92 Å². The van der Waals surface area contributed by atoms with Gasteiger partial charge in [0.05, 0.1) is 13.0 Å². The summed E-state index contributed by atoms with van der Waals surface area (Å²) in [6, 6.07) is 3.49. The van der Waals surface area contributed by atoms with Crippen LogP contribution in [0.4, 0.5) is 4.79 Å². The van der Waals surface area contributed by atoms with E-state index in [1.807, 2.05) is 0 Å². The number of nitrogens with zero attached hydrogens (tertiary/aromatic N) is 2. The minimum Gasteiger partial charge on any atom is -0.481 e. The number of carbonyl (C=O) groups excluding carboxylic acids is 1. The number of methoxy groups -OCH3 is 1. The minimum absolute atomic E-state index is 0.292. The van der Waals surface area contributed by atoms with E-state index >= 15 is 0 Å². The zero-order chi connectivity index (χ0) is 17.9. The Morgan fingerprint density at radius 1 is 1.33 bits per heavy atom. The van der Waals surface area contributed by atoms with Crippen LogP contribution >= 0.6 is 0 Å². The van der Waals surface area contributed by atoms with E-state index in [0.29, 0.717) is 25.4 Å². The van der Waals surface area contributed by atoms with Gasteiger partial charge in [-0.05, 0) is 32.8 Å². The van der Waals surface area contributed by atoms with Crippen LogP contribution in [0, 0.1) is 5.92 Å². The summed E-state index contributed by atoms with van der Waals surface area (Å²) in [6.45, 7) is 6.07. The van der Waals surface area contributed by atoms with Crippen molar-refractivity contribution in [2.75, 3.05) is 20.2 Å². The van der Waals surface area contributed by atoms with E-state index in [0.717, 1.165) is 5.56 Å². The molecule has 132 valence electrons. The van der Waals surface area contributed by atoms with E-state index in [4.69, 9.17) is 9.47 Å². The van der Waals surface area contributed by atoms with Crippen LogP contribution in [0.2, 0.25) is 0 Å². The smallest absolute Gasteiger partial charge is 0.410 e. The molecule has 1 aromatic heterocycles.